The van der Waals surface area contributed by atoms with E-state index in [1.165, 1.54) is 4.88 Å². The van der Waals surface area contributed by atoms with E-state index in [1.54, 1.807) is 11.3 Å². The van der Waals surface area contributed by atoms with Crippen molar-refractivity contribution in [2.45, 2.75) is 51.7 Å². The molecular weight excluding hydrogens is 286 g/mol. The molecule has 0 bridgehead atoms. The highest BCUT2D eigenvalue weighted by Gasteiger charge is 2.39. The number of nitrogens with zero attached hydrogens (tertiary/aromatic N) is 1. The summed E-state index contributed by atoms with van der Waals surface area (Å²) in [4.78, 5) is 28.2. The number of carbonyl (C=O) groups excluding carboxylic acids is 2. The highest BCUT2D eigenvalue weighted by molar-refractivity contribution is 7.12. The van der Waals surface area contributed by atoms with Crippen LogP contribution >= 0.6 is 11.3 Å². The lowest BCUT2D eigenvalue weighted by molar-refractivity contribution is -0.142. The van der Waals surface area contributed by atoms with Crippen molar-refractivity contribution in [3.8, 4) is 0 Å². The number of carbonyl (C=O) groups is 2. The highest BCUT2D eigenvalue weighted by atomic mass is 32.1. The fourth-order valence-electron chi connectivity index (χ4n) is 2.85. The van der Waals surface area contributed by atoms with Crippen molar-refractivity contribution in [3.63, 3.8) is 0 Å². The third-order valence-corrected chi connectivity index (χ3v) is 5.04. The number of nitrogens with two attached hydrogens (primary N) is 1. The molecule has 2 amide bonds. The number of hydrogen-bond acceptors (Lipinski definition) is 5. The Kier molecular flexibility index (Phi) is 5.13. The van der Waals surface area contributed by atoms with E-state index in [0.29, 0.717) is 6.42 Å². The molecule has 5 nitrogen and oxygen atoms in total. The summed E-state index contributed by atoms with van der Waals surface area (Å²) in [5, 5.41) is 2.42. The second kappa shape index (κ2) is 6.68. The van der Waals surface area contributed by atoms with Gasteiger partial charge in [0.1, 0.15) is 0 Å². The van der Waals surface area contributed by atoms with Crippen molar-refractivity contribution >= 4 is 23.2 Å². The van der Waals surface area contributed by atoms with E-state index in [2.05, 4.69) is 17.4 Å². The van der Waals surface area contributed by atoms with Crippen LogP contribution in [0.4, 0.5) is 0 Å². The van der Waals surface area contributed by atoms with E-state index in [0.717, 1.165) is 11.3 Å². The number of amides is 2. The molecule has 0 spiro atoms. The first-order valence-corrected chi connectivity index (χ1v) is 8.20. The molecule has 1 aromatic heterocycles. The minimum Gasteiger partial charge on any atom is -0.326 e. The van der Waals surface area contributed by atoms with Gasteiger partial charge in [0.05, 0.1) is 18.6 Å². The quantitative estimate of drug-likeness (QED) is 0.810. The van der Waals surface area contributed by atoms with Crippen LogP contribution in [-0.2, 0) is 9.59 Å². The number of thiophene rings is 1. The molecule has 1 aromatic rings. The minimum absolute atomic E-state index is 0.0892. The normalized spacial score (nSPS) is 23.0. The Labute approximate surface area is 129 Å². The Bertz CT molecular complexity index is 529. The molecule has 2 rings (SSSR count). The van der Waals surface area contributed by atoms with E-state index in [-0.39, 0.29) is 36.5 Å². The van der Waals surface area contributed by atoms with Crippen LogP contribution < -0.4 is 11.1 Å². The van der Waals surface area contributed by atoms with E-state index < -0.39 is 0 Å². The lowest BCUT2D eigenvalue weighted by Gasteiger charge is -2.41. The zero-order valence-electron chi connectivity index (χ0n) is 12.8. The van der Waals surface area contributed by atoms with Crippen LogP contribution in [0.3, 0.4) is 0 Å². The molecule has 3 atom stereocenters. The van der Waals surface area contributed by atoms with Crippen LogP contribution in [0.15, 0.2) is 12.1 Å². The second-order valence-corrected chi connectivity index (χ2v) is 6.79. The van der Waals surface area contributed by atoms with Gasteiger partial charge in [-0.25, -0.2) is 0 Å². The monoisotopic (exact) mass is 309 g/mol. The first kappa shape index (κ1) is 16.1. The van der Waals surface area contributed by atoms with E-state index in [9.17, 15) is 9.59 Å². The molecule has 6 heteroatoms. The van der Waals surface area contributed by atoms with Crippen molar-refractivity contribution in [3.05, 3.63) is 21.9 Å². The van der Waals surface area contributed by atoms with Crippen LogP contribution in [0.2, 0.25) is 0 Å². The van der Waals surface area contributed by atoms with Crippen LogP contribution in [0, 0.1) is 6.92 Å². The summed E-state index contributed by atoms with van der Waals surface area (Å²) in [6, 6.07) is 3.63. The van der Waals surface area contributed by atoms with Gasteiger partial charge < -0.3 is 5.73 Å². The lowest BCUT2D eigenvalue weighted by atomic mass is 9.98. The summed E-state index contributed by atoms with van der Waals surface area (Å²) >= 11 is 1.68. The zero-order valence-corrected chi connectivity index (χ0v) is 13.6. The average Bonchev–Trinajstić information content (AvgIpc) is 2.84. The van der Waals surface area contributed by atoms with Gasteiger partial charge in [0, 0.05) is 15.8 Å². The molecule has 0 radical (unpaired) electrons. The van der Waals surface area contributed by atoms with Gasteiger partial charge in [-0.1, -0.05) is 13.8 Å². The molecule has 21 heavy (non-hydrogen) atoms. The van der Waals surface area contributed by atoms with Crippen molar-refractivity contribution in [2.75, 3.05) is 6.54 Å². The summed E-state index contributed by atoms with van der Waals surface area (Å²) in [7, 11) is 0. The molecule has 0 aliphatic carbocycles. The van der Waals surface area contributed by atoms with Gasteiger partial charge in [-0.3, -0.25) is 19.8 Å². The molecule has 1 aliphatic heterocycles. The summed E-state index contributed by atoms with van der Waals surface area (Å²) < 4.78 is 0. The Morgan fingerprint density at radius 1 is 1.43 bits per heavy atom. The minimum atomic E-state index is -0.298. The Morgan fingerprint density at radius 3 is 2.67 bits per heavy atom. The summed E-state index contributed by atoms with van der Waals surface area (Å²) in [6.07, 6.45) is 1.46. The van der Waals surface area contributed by atoms with Crippen LogP contribution in [0.5, 0.6) is 0 Å². The maximum Gasteiger partial charge on any atom is 0.243 e. The fourth-order valence-corrected chi connectivity index (χ4v) is 3.93. The van der Waals surface area contributed by atoms with Crippen molar-refractivity contribution in [1.82, 2.24) is 10.2 Å². The summed E-state index contributed by atoms with van der Waals surface area (Å²) in [5.41, 5.74) is 6.32. The topological polar surface area (TPSA) is 75.4 Å². The van der Waals surface area contributed by atoms with Crippen LogP contribution in [-0.4, -0.2) is 35.3 Å². The predicted molar refractivity (Wildman–Crippen MR) is 84.0 cm³/mol. The van der Waals surface area contributed by atoms with Gasteiger partial charge in [-0.2, -0.15) is 0 Å². The Morgan fingerprint density at radius 2 is 2.14 bits per heavy atom. The average molecular weight is 309 g/mol. The van der Waals surface area contributed by atoms with Crippen LogP contribution in [0.25, 0.3) is 0 Å². The molecule has 1 aliphatic rings. The molecule has 0 aromatic carbocycles. The number of hydrogen-bond donors (Lipinski definition) is 2. The first-order valence-electron chi connectivity index (χ1n) is 7.39. The molecule has 2 heterocycles. The molecular formula is C15H23N3O2S. The number of imide groups is 1. The van der Waals surface area contributed by atoms with Crippen LogP contribution in [0.1, 0.15) is 42.5 Å². The van der Waals surface area contributed by atoms with Gasteiger partial charge >= 0.3 is 0 Å². The first-order chi connectivity index (χ1) is 9.97. The van der Waals surface area contributed by atoms with Gasteiger partial charge in [-0.05, 0) is 31.9 Å². The third kappa shape index (κ3) is 3.33. The largest absolute Gasteiger partial charge is 0.326 e. The maximum atomic E-state index is 12.1. The van der Waals surface area contributed by atoms with Crippen molar-refractivity contribution < 1.29 is 9.59 Å². The zero-order chi connectivity index (χ0) is 15.6. The molecule has 0 saturated carbocycles. The smallest absolute Gasteiger partial charge is 0.243 e. The fraction of sp³-hybridized carbons (Fsp3) is 0.600. The van der Waals surface area contributed by atoms with E-state index in [4.69, 9.17) is 5.73 Å². The number of aryl methyl sites for hydroxylation is 1. The third-order valence-electron chi connectivity index (χ3n) is 3.97. The number of rotatable bonds is 5. The Balaban J connectivity index is 2.38. The molecule has 3 unspecified atom stereocenters. The maximum absolute atomic E-state index is 12.1. The number of nitrogens with one attached hydrogen (secondary N) is 1. The lowest BCUT2D eigenvalue weighted by Crippen LogP contribution is -2.60. The predicted octanol–water partition coefficient (Wildman–Crippen LogP) is 1.57. The summed E-state index contributed by atoms with van der Waals surface area (Å²) in [5.74, 6) is -0.457. The Hall–Kier alpha value is -1.24. The standard InChI is InChI=1S/C15H23N3O2S/c1-4-10(16)14(12-7-6-9(3)21-12)18-8-13(19)17-15(20)11(18)5-2/h6-7,10-11,14H,4-5,8,16H2,1-3H3,(H,17,19,20). The molecule has 1 fully saturated rings. The van der Waals surface area contributed by atoms with Crippen molar-refractivity contribution in [1.29, 1.82) is 0 Å². The second-order valence-electron chi connectivity index (χ2n) is 5.47. The van der Waals surface area contributed by atoms with Gasteiger partial charge in [0.25, 0.3) is 0 Å². The highest BCUT2D eigenvalue weighted by Crippen LogP contribution is 2.33. The van der Waals surface area contributed by atoms with E-state index in [1.807, 2.05) is 25.7 Å². The number of piperazine rings is 1. The van der Waals surface area contributed by atoms with Gasteiger partial charge in [-0.15, -0.1) is 11.3 Å². The molecule has 116 valence electrons. The summed E-state index contributed by atoms with van der Waals surface area (Å²) in [6.45, 7) is 6.26. The van der Waals surface area contributed by atoms with E-state index >= 15 is 0 Å². The van der Waals surface area contributed by atoms with Gasteiger partial charge in [0.2, 0.25) is 11.8 Å². The van der Waals surface area contributed by atoms with Crippen molar-refractivity contribution in [2.24, 2.45) is 5.73 Å². The molecule has 3 N–H and O–H groups in total. The SMILES string of the molecule is CCC(N)C(c1ccc(C)s1)N1CC(=O)NC(=O)C1CC. The molecule has 1 saturated heterocycles. The van der Waals surface area contributed by atoms with Gasteiger partial charge in [0.15, 0.2) is 0 Å².